The second-order valence-electron chi connectivity index (χ2n) is 4.92. The number of esters is 3. The first-order valence-corrected chi connectivity index (χ1v) is 8.11. The minimum absolute atomic E-state index is 0.0194. The Balaban J connectivity index is 3.18. The van der Waals surface area contributed by atoms with Crippen LogP contribution < -0.4 is 0 Å². The standard InChI is InChI=1S/C14H19NO8S/c1-7(17)20-11-10(6-16)23-14(24-5-4-15)13(22-9(3)19)12(11)21-8(2)18/h10-14,16H,5-6H2,1-3H3/t10-,11-,12+,13+,14?/m1/s1. The molecule has 0 aliphatic carbocycles. The number of thioether (sulfide) groups is 1. The molecule has 1 aliphatic heterocycles. The van der Waals surface area contributed by atoms with Gasteiger partial charge in [0.1, 0.15) is 11.5 Å². The first-order chi connectivity index (χ1) is 11.3. The Morgan fingerprint density at radius 2 is 1.54 bits per heavy atom. The number of carbonyl (C=O) groups excluding carboxylic acids is 3. The van der Waals surface area contributed by atoms with Gasteiger partial charge in [-0.1, -0.05) is 0 Å². The molecule has 1 unspecified atom stereocenters. The van der Waals surface area contributed by atoms with Crippen molar-refractivity contribution in [3.05, 3.63) is 0 Å². The molecule has 0 aromatic heterocycles. The minimum atomic E-state index is -1.17. The first kappa shape index (κ1) is 20.2. The van der Waals surface area contributed by atoms with Crippen molar-refractivity contribution in [1.29, 1.82) is 5.26 Å². The summed E-state index contributed by atoms with van der Waals surface area (Å²) in [7, 11) is 0. The van der Waals surface area contributed by atoms with Crippen LogP contribution in [0, 0.1) is 11.3 Å². The zero-order valence-electron chi connectivity index (χ0n) is 13.5. The van der Waals surface area contributed by atoms with Crippen LogP contribution in [0.15, 0.2) is 0 Å². The van der Waals surface area contributed by atoms with Crippen molar-refractivity contribution in [3.63, 3.8) is 0 Å². The summed E-state index contributed by atoms with van der Waals surface area (Å²) < 4.78 is 21.1. The fraction of sp³-hybridized carbons (Fsp3) is 0.714. The lowest BCUT2D eigenvalue weighted by Crippen LogP contribution is -2.61. The Bertz CT molecular complexity index is 519. The highest BCUT2D eigenvalue weighted by Crippen LogP contribution is 2.33. The van der Waals surface area contributed by atoms with Gasteiger partial charge in [-0.25, -0.2) is 0 Å². The molecule has 10 heteroatoms. The fourth-order valence-corrected chi connectivity index (χ4v) is 3.12. The Morgan fingerprint density at radius 3 is 2.00 bits per heavy atom. The monoisotopic (exact) mass is 361 g/mol. The van der Waals surface area contributed by atoms with E-state index in [1.807, 2.05) is 6.07 Å². The summed E-state index contributed by atoms with van der Waals surface area (Å²) >= 11 is 1.01. The van der Waals surface area contributed by atoms with E-state index >= 15 is 0 Å². The van der Waals surface area contributed by atoms with Crippen LogP contribution >= 0.6 is 11.8 Å². The van der Waals surface area contributed by atoms with E-state index in [1.54, 1.807) is 0 Å². The fourth-order valence-electron chi connectivity index (χ4n) is 2.26. The van der Waals surface area contributed by atoms with Crippen molar-refractivity contribution in [2.75, 3.05) is 12.4 Å². The second kappa shape index (κ2) is 9.46. The Kier molecular flexibility index (Phi) is 7.97. The van der Waals surface area contributed by atoms with Gasteiger partial charge < -0.3 is 24.1 Å². The van der Waals surface area contributed by atoms with Crippen molar-refractivity contribution < 1.29 is 38.4 Å². The largest absolute Gasteiger partial charge is 0.456 e. The lowest BCUT2D eigenvalue weighted by atomic mass is 9.99. The second-order valence-corrected chi connectivity index (χ2v) is 6.00. The Morgan fingerprint density at radius 1 is 1.04 bits per heavy atom. The number of nitrogens with zero attached hydrogens (tertiary/aromatic N) is 1. The number of nitriles is 1. The Labute approximate surface area is 143 Å². The molecule has 5 atom stereocenters. The summed E-state index contributed by atoms with van der Waals surface area (Å²) in [6.07, 6.45) is -4.42. The summed E-state index contributed by atoms with van der Waals surface area (Å²) in [5.41, 5.74) is -0.873. The van der Waals surface area contributed by atoms with Crippen LogP contribution in [0.25, 0.3) is 0 Å². The van der Waals surface area contributed by atoms with Crippen molar-refractivity contribution in [2.45, 2.75) is 50.6 Å². The maximum atomic E-state index is 11.4. The number of rotatable bonds is 6. The van der Waals surface area contributed by atoms with Gasteiger partial charge in [-0.05, 0) is 0 Å². The van der Waals surface area contributed by atoms with E-state index in [1.165, 1.54) is 0 Å². The van der Waals surface area contributed by atoms with Gasteiger partial charge in [0.25, 0.3) is 0 Å². The molecule has 1 N–H and O–H groups in total. The summed E-state index contributed by atoms with van der Waals surface area (Å²) in [4.78, 5) is 34.1. The average molecular weight is 361 g/mol. The molecule has 1 fully saturated rings. The molecular weight excluding hydrogens is 342 g/mol. The highest BCUT2D eigenvalue weighted by Gasteiger charge is 2.51. The van der Waals surface area contributed by atoms with E-state index < -0.39 is 54.4 Å². The van der Waals surface area contributed by atoms with Crippen LogP contribution in [0.3, 0.4) is 0 Å². The molecule has 0 spiro atoms. The topological polar surface area (TPSA) is 132 Å². The number of aliphatic hydroxyl groups is 1. The van der Waals surface area contributed by atoms with Crippen LogP contribution in [0.2, 0.25) is 0 Å². The van der Waals surface area contributed by atoms with E-state index in [2.05, 4.69) is 0 Å². The minimum Gasteiger partial charge on any atom is -0.456 e. The molecule has 134 valence electrons. The normalized spacial score (nSPS) is 29.2. The maximum absolute atomic E-state index is 11.4. The first-order valence-electron chi connectivity index (χ1n) is 7.06. The molecular formula is C14H19NO8S. The van der Waals surface area contributed by atoms with E-state index in [0.717, 1.165) is 32.5 Å². The molecule has 0 bridgehead atoms. The zero-order valence-corrected chi connectivity index (χ0v) is 14.3. The number of ether oxygens (including phenoxy) is 4. The third kappa shape index (κ3) is 5.67. The van der Waals surface area contributed by atoms with E-state index in [4.69, 9.17) is 24.2 Å². The lowest BCUT2D eigenvalue weighted by molar-refractivity contribution is -0.236. The van der Waals surface area contributed by atoms with Gasteiger partial charge in [0, 0.05) is 20.8 Å². The number of aliphatic hydroxyl groups excluding tert-OH is 1. The van der Waals surface area contributed by atoms with Crippen molar-refractivity contribution in [2.24, 2.45) is 0 Å². The zero-order chi connectivity index (χ0) is 18.3. The van der Waals surface area contributed by atoms with Crippen LogP contribution in [-0.2, 0) is 33.3 Å². The highest BCUT2D eigenvalue weighted by molar-refractivity contribution is 8.00. The van der Waals surface area contributed by atoms with Crippen molar-refractivity contribution in [3.8, 4) is 6.07 Å². The summed E-state index contributed by atoms with van der Waals surface area (Å²) in [5.74, 6) is -2.00. The quantitative estimate of drug-likeness (QED) is 0.499. The molecule has 1 saturated heterocycles. The lowest BCUT2D eigenvalue weighted by Gasteiger charge is -2.43. The molecule has 0 radical (unpaired) electrons. The maximum Gasteiger partial charge on any atom is 0.303 e. The van der Waals surface area contributed by atoms with E-state index in [0.29, 0.717) is 0 Å². The molecule has 1 rings (SSSR count). The van der Waals surface area contributed by atoms with Gasteiger partial charge in [0.05, 0.1) is 18.4 Å². The van der Waals surface area contributed by atoms with Crippen LogP contribution in [0.4, 0.5) is 0 Å². The van der Waals surface area contributed by atoms with Crippen LogP contribution in [0.1, 0.15) is 20.8 Å². The van der Waals surface area contributed by atoms with E-state index in [-0.39, 0.29) is 5.75 Å². The molecule has 24 heavy (non-hydrogen) atoms. The third-order valence-electron chi connectivity index (χ3n) is 2.99. The molecule has 1 heterocycles. The predicted octanol–water partition coefficient (Wildman–Crippen LogP) is -0.245. The summed E-state index contributed by atoms with van der Waals surface area (Å²) in [6, 6.07) is 1.91. The Hall–Kier alpha value is -1.83. The molecule has 9 nitrogen and oxygen atoms in total. The highest BCUT2D eigenvalue weighted by atomic mass is 32.2. The summed E-state index contributed by atoms with van der Waals surface area (Å²) in [5, 5.41) is 18.2. The van der Waals surface area contributed by atoms with Gasteiger partial charge in [-0.3, -0.25) is 14.4 Å². The van der Waals surface area contributed by atoms with E-state index in [9.17, 15) is 19.5 Å². The molecule has 0 aromatic carbocycles. The molecule has 0 amide bonds. The van der Waals surface area contributed by atoms with Crippen LogP contribution in [0.5, 0.6) is 0 Å². The van der Waals surface area contributed by atoms with Crippen molar-refractivity contribution >= 4 is 29.7 Å². The van der Waals surface area contributed by atoms with Crippen LogP contribution in [-0.4, -0.2) is 65.2 Å². The van der Waals surface area contributed by atoms with Gasteiger partial charge >= 0.3 is 17.9 Å². The van der Waals surface area contributed by atoms with Gasteiger partial charge in [0.15, 0.2) is 18.3 Å². The molecule has 0 saturated carbocycles. The number of hydrogen-bond acceptors (Lipinski definition) is 10. The van der Waals surface area contributed by atoms with Gasteiger partial charge in [-0.15, -0.1) is 11.8 Å². The predicted molar refractivity (Wildman–Crippen MR) is 80.5 cm³/mol. The van der Waals surface area contributed by atoms with Gasteiger partial charge in [-0.2, -0.15) is 5.26 Å². The van der Waals surface area contributed by atoms with Crippen molar-refractivity contribution in [1.82, 2.24) is 0 Å². The smallest absolute Gasteiger partial charge is 0.303 e. The molecule has 1 aliphatic rings. The van der Waals surface area contributed by atoms with Gasteiger partial charge in [0.2, 0.25) is 0 Å². The number of carbonyl (C=O) groups is 3. The third-order valence-corrected chi connectivity index (χ3v) is 3.99. The SMILES string of the molecule is CC(=O)O[C@H]1[C@H](OC(C)=O)[C@@H](CO)OC(SCC#N)[C@H]1OC(C)=O. The summed E-state index contributed by atoms with van der Waals surface area (Å²) in [6.45, 7) is 2.94. The number of hydrogen-bond donors (Lipinski definition) is 1. The molecule has 0 aromatic rings. The average Bonchev–Trinajstić information content (AvgIpc) is 2.48.